The zero-order valence-electron chi connectivity index (χ0n) is 13.1. The Bertz CT molecular complexity index is 804. The van der Waals surface area contributed by atoms with Crippen LogP contribution in [0.3, 0.4) is 0 Å². The van der Waals surface area contributed by atoms with E-state index >= 15 is 0 Å². The maximum absolute atomic E-state index is 12.1. The number of carbonyl (C=O) groups is 1. The summed E-state index contributed by atoms with van der Waals surface area (Å²) in [6, 6.07) is 9.55. The normalized spacial score (nSPS) is 11.1. The van der Waals surface area contributed by atoms with Crippen LogP contribution in [0.2, 0.25) is 0 Å². The number of H-pyrrole nitrogens is 1. The van der Waals surface area contributed by atoms with E-state index in [1.54, 1.807) is 12.3 Å². The van der Waals surface area contributed by atoms with Crippen molar-refractivity contribution in [2.75, 3.05) is 5.32 Å². The fourth-order valence-electron chi connectivity index (χ4n) is 2.33. The number of aromatic amines is 1. The highest BCUT2D eigenvalue weighted by molar-refractivity contribution is 6.01. The predicted molar refractivity (Wildman–Crippen MR) is 87.5 cm³/mol. The van der Waals surface area contributed by atoms with Crippen molar-refractivity contribution in [3.05, 3.63) is 42.3 Å². The smallest absolute Gasteiger partial charge is 0.254 e. The van der Waals surface area contributed by atoms with Crippen molar-refractivity contribution in [1.29, 1.82) is 0 Å². The number of benzene rings is 1. The van der Waals surface area contributed by atoms with Gasteiger partial charge in [0.15, 0.2) is 0 Å². The van der Waals surface area contributed by atoms with Gasteiger partial charge in [-0.2, -0.15) is 0 Å². The number of aryl methyl sites for hydroxylation is 1. The van der Waals surface area contributed by atoms with E-state index in [2.05, 4.69) is 15.5 Å². The Morgan fingerprint density at radius 3 is 3.04 bits per heavy atom. The van der Waals surface area contributed by atoms with Crippen LogP contribution in [-0.4, -0.2) is 22.2 Å². The Hall–Kier alpha value is -2.76. The fourth-order valence-corrected chi connectivity index (χ4v) is 2.33. The van der Waals surface area contributed by atoms with E-state index in [1.807, 2.05) is 38.1 Å². The van der Waals surface area contributed by atoms with Gasteiger partial charge < -0.3 is 19.6 Å². The number of nitrogens with zero attached hydrogens (tertiary/aromatic N) is 1. The second kappa shape index (κ2) is 6.56. The van der Waals surface area contributed by atoms with Crippen LogP contribution < -0.4 is 10.1 Å². The summed E-state index contributed by atoms with van der Waals surface area (Å²) in [5, 5.41) is 7.72. The number of anilines is 1. The molecule has 23 heavy (non-hydrogen) atoms. The molecule has 2 heterocycles. The molecule has 6 nitrogen and oxygen atoms in total. The predicted octanol–water partition coefficient (Wildman–Crippen LogP) is 3.51. The zero-order chi connectivity index (χ0) is 16.2. The minimum absolute atomic E-state index is 0.0399. The van der Waals surface area contributed by atoms with E-state index in [0.717, 1.165) is 16.6 Å². The lowest BCUT2D eigenvalue weighted by atomic mass is 10.2. The second-order valence-corrected chi connectivity index (χ2v) is 5.59. The lowest BCUT2D eigenvalue weighted by Crippen LogP contribution is -2.11. The van der Waals surface area contributed by atoms with Gasteiger partial charge >= 0.3 is 0 Å². The number of rotatable bonds is 6. The molecule has 0 saturated carbocycles. The van der Waals surface area contributed by atoms with Crippen molar-refractivity contribution in [3.63, 3.8) is 0 Å². The van der Waals surface area contributed by atoms with Crippen LogP contribution in [-0.2, 0) is 11.2 Å². The molecule has 0 saturated heterocycles. The van der Waals surface area contributed by atoms with Crippen molar-refractivity contribution in [3.8, 4) is 5.88 Å². The second-order valence-electron chi connectivity index (χ2n) is 5.59. The first-order valence-corrected chi connectivity index (χ1v) is 7.60. The van der Waals surface area contributed by atoms with Crippen molar-refractivity contribution in [2.24, 2.45) is 0 Å². The molecule has 0 bridgehead atoms. The van der Waals surface area contributed by atoms with Gasteiger partial charge in [-0.15, -0.1) is 0 Å². The van der Waals surface area contributed by atoms with Crippen LogP contribution in [0.1, 0.15) is 26.0 Å². The Morgan fingerprint density at radius 2 is 2.22 bits per heavy atom. The molecule has 0 spiro atoms. The molecular formula is C17H19N3O3. The summed E-state index contributed by atoms with van der Waals surface area (Å²) in [5.41, 5.74) is 1.78. The quantitative estimate of drug-likeness (QED) is 0.729. The Kier molecular flexibility index (Phi) is 4.32. The molecule has 0 fully saturated rings. The topological polar surface area (TPSA) is 80.1 Å². The first-order chi connectivity index (χ1) is 11.1. The third-order valence-electron chi connectivity index (χ3n) is 3.36. The van der Waals surface area contributed by atoms with E-state index in [9.17, 15) is 4.79 Å². The highest BCUT2D eigenvalue weighted by atomic mass is 16.5. The highest BCUT2D eigenvalue weighted by Crippen LogP contribution is 2.22. The highest BCUT2D eigenvalue weighted by Gasteiger charge is 2.11. The van der Waals surface area contributed by atoms with E-state index in [0.29, 0.717) is 24.5 Å². The maximum Gasteiger partial charge on any atom is 0.254 e. The van der Waals surface area contributed by atoms with Gasteiger partial charge in [0.05, 0.1) is 11.8 Å². The number of para-hydroxylation sites is 1. The summed E-state index contributed by atoms with van der Waals surface area (Å²) >= 11 is 0. The van der Waals surface area contributed by atoms with E-state index < -0.39 is 0 Å². The van der Waals surface area contributed by atoms with E-state index in [-0.39, 0.29) is 12.0 Å². The van der Waals surface area contributed by atoms with Gasteiger partial charge in [-0.3, -0.25) is 4.79 Å². The van der Waals surface area contributed by atoms with Gasteiger partial charge in [-0.1, -0.05) is 18.2 Å². The van der Waals surface area contributed by atoms with Crippen LogP contribution in [0.4, 0.5) is 5.69 Å². The van der Waals surface area contributed by atoms with Crippen molar-refractivity contribution >= 4 is 22.5 Å². The molecule has 0 aliphatic rings. The van der Waals surface area contributed by atoms with Crippen molar-refractivity contribution in [1.82, 2.24) is 10.1 Å². The average molecular weight is 313 g/mol. The molecule has 6 heteroatoms. The lowest BCUT2D eigenvalue weighted by Gasteiger charge is -2.03. The third kappa shape index (κ3) is 3.71. The number of amides is 1. The van der Waals surface area contributed by atoms with Crippen LogP contribution in [0, 0.1) is 0 Å². The van der Waals surface area contributed by atoms with Crippen molar-refractivity contribution < 1.29 is 14.1 Å². The third-order valence-corrected chi connectivity index (χ3v) is 3.36. The molecule has 3 rings (SSSR count). The van der Waals surface area contributed by atoms with Crippen LogP contribution >= 0.6 is 0 Å². The summed E-state index contributed by atoms with van der Waals surface area (Å²) in [4.78, 5) is 15.2. The number of aromatic nitrogens is 2. The van der Waals surface area contributed by atoms with Crippen LogP contribution in [0.5, 0.6) is 5.88 Å². The summed E-state index contributed by atoms with van der Waals surface area (Å²) in [7, 11) is 0. The summed E-state index contributed by atoms with van der Waals surface area (Å²) in [6.45, 7) is 3.84. The Morgan fingerprint density at radius 1 is 1.39 bits per heavy atom. The van der Waals surface area contributed by atoms with E-state index in [4.69, 9.17) is 9.26 Å². The van der Waals surface area contributed by atoms with Gasteiger partial charge in [0.1, 0.15) is 5.76 Å². The number of hydrogen-bond donors (Lipinski definition) is 2. The SMILES string of the molecule is CC(C)Oc1cc(CCC(=O)Nc2c[nH]c3ccccc23)on1. The number of hydrogen-bond acceptors (Lipinski definition) is 4. The molecule has 0 atom stereocenters. The van der Waals surface area contributed by atoms with Gasteiger partial charge in [-0.25, -0.2) is 0 Å². The molecule has 1 amide bonds. The monoisotopic (exact) mass is 313 g/mol. The van der Waals surface area contributed by atoms with E-state index in [1.165, 1.54) is 0 Å². The standard InChI is InChI=1S/C17H19N3O3/c1-11(2)22-17-9-12(23-20-17)7-8-16(21)19-15-10-18-14-6-4-3-5-13(14)15/h3-6,9-11,18H,7-8H2,1-2H3,(H,19,21). The minimum Gasteiger partial charge on any atom is -0.473 e. The minimum atomic E-state index is -0.0718. The molecule has 0 aliphatic carbocycles. The van der Waals surface area contributed by atoms with Crippen LogP contribution in [0.25, 0.3) is 10.9 Å². The molecule has 2 aromatic heterocycles. The summed E-state index contributed by atoms with van der Waals surface area (Å²) in [5.74, 6) is 1.01. The molecule has 1 aromatic carbocycles. The molecule has 0 aliphatic heterocycles. The molecule has 0 unspecified atom stereocenters. The first-order valence-electron chi connectivity index (χ1n) is 7.60. The Balaban J connectivity index is 1.56. The van der Waals surface area contributed by atoms with Gasteiger partial charge in [-0.05, 0) is 25.1 Å². The largest absolute Gasteiger partial charge is 0.473 e. The summed E-state index contributed by atoms with van der Waals surface area (Å²) < 4.78 is 10.6. The number of ether oxygens (including phenoxy) is 1. The lowest BCUT2D eigenvalue weighted by molar-refractivity contribution is -0.116. The van der Waals surface area contributed by atoms with Crippen LogP contribution in [0.15, 0.2) is 41.1 Å². The van der Waals surface area contributed by atoms with Gasteiger partial charge in [0.2, 0.25) is 5.91 Å². The summed E-state index contributed by atoms with van der Waals surface area (Å²) in [6.07, 6.45) is 2.63. The van der Waals surface area contributed by atoms with Crippen molar-refractivity contribution in [2.45, 2.75) is 32.8 Å². The van der Waals surface area contributed by atoms with Gasteiger partial charge in [0.25, 0.3) is 5.88 Å². The molecule has 2 N–H and O–H groups in total. The molecule has 3 aromatic rings. The molecule has 0 radical (unpaired) electrons. The number of nitrogens with one attached hydrogen (secondary N) is 2. The number of carbonyl (C=O) groups excluding carboxylic acids is 1. The zero-order valence-corrected chi connectivity index (χ0v) is 13.1. The van der Waals surface area contributed by atoms with Gasteiger partial charge in [0, 0.05) is 36.0 Å². The molecular weight excluding hydrogens is 294 g/mol. The maximum atomic E-state index is 12.1. The average Bonchev–Trinajstić information content (AvgIpc) is 3.12. The first kappa shape index (κ1) is 15.1. The fraction of sp³-hybridized carbons (Fsp3) is 0.294. The number of fused-ring (bicyclic) bond motifs is 1. The Labute approximate surface area is 133 Å². The molecule has 120 valence electrons.